The minimum Gasteiger partial charge on any atom is -0.497 e. The maximum absolute atomic E-state index is 11.8. The third-order valence-corrected chi connectivity index (χ3v) is 3.85. The molecule has 1 aromatic rings. The fourth-order valence-corrected chi connectivity index (χ4v) is 2.45. The number of ether oxygens (including phenoxy) is 1. The lowest BCUT2D eigenvalue weighted by atomic mass is 10.2. The molecule has 5 nitrogen and oxygen atoms in total. The van der Waals surface area contributed by atoms with Gasteiger partial charge in [-0.2, -0.15) is 5.26 Å². The monoisotopic (exact) mass is 268 g/mol. The van der Waals surface area contributed by atoms with Gasteiger partial charge >= 0.3 is 0 Å². The average molecular weight is 268 g/mol. The third-order valence-electron chi connectivity index (χ3n) is 2.38. The Labute approximate surface area is 107 Å². The first kappa shape index (κ1) is 14.5. The number of nitrogens with one attached hydrogen (secondary N) is 1. The summed E-state index contributed by atoms with van der Waals surface area (Å²) in [6, 6.07) is 8.21. The van der Waals surface area contributed by atoms with Crippen LogP contribution in [0.4, 0.5) is 0 Å². The Kier molecular flexibility index (Phi) is 5.62. The van der Waals surface area contributed by atoms with Crippen molar-refractivity contribution < 1.29 is 13.2 Å². The van der Waals surface area contributed by atoms with Crippen molar-refractivity contribution in [1.82, 2.24) is 4.72 Å². The quantitative estimate of drug-likeness (QED) is 0.763. The number of benzene rings is 1. The molecule has 1 rings (SSSR count). The van der Waals surface area contributed by atoms with Crippen molar-refractivity contribution in [2.45, 2.75) is 24.2 Å². The topological polar surface area (TPSA) is 79.2 Å². The number of methoxy groups -OCH3 is 1. The molecule has 98 valence electrons. The van der Waals surface area contributed by atoms with Crippen LogP contribution in [-0.2, 0) is 10.0 Å². The van der Waals surface area contributed by atoms with Gasteiger partial charge in [-0.25, -0.2) is 13.1 Å². The molecule has 0 radical (unpaired) electrons. The zero-order valence-corrected chi connectivity index (χ0v) is 11.0. The Hall–Kier alpha value is -1.58. The standard InChI is InChI=1S/C12H16N2O3S/c1-17-11-5-7-12(8-6-11)18(15,16)14-10-4-2-3-9-13/h5-8,14H,2-4,10H2,1H3. The molecular weight excluding hydrogens is 252 g/mol. The molecule has 0 heterocycles. The molecule has 0 amide bonds. The van der Waals surface area contributed by atoms with E-state index in [1.165, 1.54) is 19.2 Å². The number of sulfonamides is 1. The number of rotatable bonds is 7. The molecule has 0 fully saturated rings. The first-order valence-electron chi connectivity index (χ1n) is 5.61. The summed E-state index contributed by atoms with van der Waals surface area (Å²) in [5.41, 5.74) is 0. The van der Waals surface area contributed by atoms with Crippen LogP contribution in [0, 0.1) is 11.3 Å². The number of nitrogens with zero attached hydrogens (tertiary/aromatic N) is 1. The largest absolute Gasteiger partial charge is 0.497 e. The summed E-state index contributed by atoms with van der Waals surface area (Å²) >= 11 is 0. The molecule has 0 spiro atoms. The van der Waals surface area contributed by atoms with Crippen LogP contribution in [0.5, 0.6) is 5.75 Å². The average Bonchev–Trinajstić information content (AvgIpc) is 2.38. The predicted molar refractivity (Wildman–Crippen MR) is 67.6 cm³/mol. The van der Waals surface area contributed by atoms with Crippen molar-refractivity contribution in [2.75, 3.05) is 13.7 Å². The fourth-order valence-electron chi connectivity index (χ4n) is 1.37. The molecule has 0 aliphatic heterocycles. The molecule has 6 heteroatoms. The summed E-state index contributed by atoms with van der Waals surface area (Å²) in [4.78, 5) is 0.212. The molecule has 0 unspecified atom stereocenters. The Morgan fingerprint density at radius 1 is 1.28 bits per heavy atom. The summed E-state index contributed by atoms with van der Waals surface area (Å²) in [7, 11) is -1.94. The lowest BCUT2D eigenvalue weighted by Crippen LogP contribution is -2.24. The Morgan fingerprint density at radius 3 is 2.50 bits per heavy atom. The first-order chi connectivity index (χ1) is 8.60. The molecule has 0 aliphatic carbocycles. The van der Waals surface area contributed by atoms with E-state index in [2.05, 4.69) is 4.72 Å². The number of hydrogen-bond acceptors (Lipinski definition) is 4. The van der Waals surface area contributed by atoms with E-state index < -0.39 is 10.0 Å². The number of hydrogen-bond donors (Lipinski definition) is 1. The molecule has 0 saturated carbocycles. The van der Waals surface area contributed by atoms with Crippen LogP contribution in [0.3, 0.4) is 0 Å². The molecule has 0 saturated heterocycles. The van der Waals surface area contributed by atoms with E-state index >= 15 is 0 Å². The van der Waals surface area contributed by atoms with Crippen molar-refractivity contribution in [1.29, 1.82) is 5.26 Å². The fraction of sp³-hybridized carbons (Fsp3) is 0.417. The van der Waals surface area contributed by atoms with Crippen molar-refractivity contribution in [3.05, 3.63) is 24.3 Å². The number of unbranched alkanes of at least 4 members (excludes halogenated alkanes) is 2. The van der Waals surface area contributed by atoms with Gasteiger partial charge in [-0.05, 0) is 37.1 Å². The summed E-state index contributed by atoms with van der Waals surface area (Å²) in [5, 5.41) is 8.35. The highest BCUT2D eigenvalue weighted by molar-refractivity contribution is 7.89. The molecular formula is C12H16N2O3S. The van der Waals surface area contributed by atoms with Crippen LogP contribution in [0.25, 0.3) is 0 Å². The minimum atomic E-state index is -3.46. The van der Waals surface area contributed by atoms with Gasteiger partial charge in [0.25, 0.3) is 0 Å². The van der Waals surface area contributed by atoms with Gasteiger partial charge in [0.15, 0.2) is 0 Å². The van der Waals surface area contributed by atoms with Crippen molar-refractivity contribution in [3.63, 3.8) is 0 Å². The van der Waals surface area contributed by atoms with E-state index in [0.29, 0.717) is 31.6 Å². The van der Waals surface area contributed by atoms with Gasteiger partial charge in [0.2, 0.25) is 10.0 Å². The third kappa shape index (κ3) is 4.35. The molecule has 1 N–H and O–H groups in total. The van der Waals surface area contributed by atoms with Gasteiger partial charge < -0.3 is 4.74 Å². The van der Waals surface area contributed by atoms with Crippen LogP contribution >= 0.6 is 0 Å². The number of nitriles is 1. The summed E-state index contributed by atoms with van der Waals surface area (Å²) < 4.78 is 31.2. The van der Waals surface area contributed by atoms with Gasteiger partial charge in [-0.1, -0.05) is 0 Å². The van der Waals surface area contributed by atoms with Gasteiger partial charge in [-0.3, -0.25) is 0 Å². The highest BCUT2D eigenvalue weighted by Gasteiger charge is 2.12. The second-order valence-electron chi connectivity index (χ2n) is 3.69. The molecule has 0 aliphatic rings. The predicted octanol–water partition coefficient (Wildman–Crippen LogP) is 1.67. The lowest BCUT2D eigenvalue weighted by molar-refractivity contribution is 0.414. The van der Waals surface area contributed by atoms with E-state index in [0.717, 1.165) is 0 Å². The van der Waals surface area contributed by atoms with Crippen molar-refractivity contribution in [2.24, 2.45) is 0 Å². The zero-order chi connectivity index (χ0) is 13.4. The van der Waals surface area contributed by atoms with E-state index in [1.54, 1.807) is 12.1 Å². The lowest BCUT2D eigenvalue weighted by Gasteiger charge is -2.06. The normalized spacial score (nSPS) is 10.9. The SMILES string of the molecule is COc1ccc(S(=O)(=O)NCCCCC#N)cc1. The Morgan fingerprint density at radius 2 is 1.94 bits per heavy atom. The van der Waals surface area contributed by atoms with E-state index in [9.17, 15) is 8.42 Å². The molecule has 1 aromatic carbocycles. The van der Waals surface area contributed by atoms with Crippen LogP contribution < -0.4 is 9.46 Å². The molecule has 0 bridgehead atoms. The smallest absolute Gasteiger partial charge is 0.240 e. The highest BCUT2D eigenvalue weighted by atomic mass is 32.2. The van der Waals surface area contributed by atoms with Crippen molar-refractivity contribution in [3.8, 4) is 11.8 Å². The zero-order valence-electron chi connectivity index (χ0n) is 10.2. The Balaban J connectivity index is 2.55. The van der Waals surface area contributed by atoms with Gasteiger partial charge in [0.05, 0.1) is 18.1 Å². The maximum Gasteiger partial charge on any atom is 0.240 e. The van der Waals surface area contributed by atoms with Crippen molar-refractivity contribution >= 4 is 10.0 Å². The second-order valence-corrected chi connectivity index (χ2v) is 5.46. The first-order valence-corrected chi connectivity index (χ1v) is 7.09. The van der Waals surface area contributed by atoms with Gasteiger partial charge in [0, 0.05) is 13.0 Å². The summed E-state index contributed by atoms with van der Waals surface area (Å²) in [5.74, 6) is 0.614. The van der Waals surface area contributed by atoms with Gasteiger partial charge in [0.1, 0.15) is 5.75 Å². The van der Waals surface area contributed by atoms with Gasteiger partial charge in [-0.15, -0.1) is 0 Å². The Bertz CT molecular complexity index is 503. The van der Waals surface area contributed by atoms with Crippen LogP contribution in [0.15, 0.2) is 29.2 Å². The highest BCUT2D eigenvalue weighted by Crippen LogP contribution is 2.15. The molecule has 0 atom stereocenters. The van der Waals surface area contributed by atoms with Crippen LogP contribution in [0.1, 0.15) is 19.3 Å². The maximum atomic E-state index is 11.8. The summed E-state index contributed by atoms with van der Waals surface area (Å²) in [6.45, 7) is 0.343. The van der Waals surface area contributed by atoms with E-state index in [-0.39, 0.29) is 4.90 Å². The van der Waals surface area contributed by atoms with Crippen LogP contribution in [0.2, 0.25) is 0 Å². The van der Waals surface area contributed by atoms with Crippen LogP contribution in [-0.4, -0.2) is 22.1 Å². The molecule has 0 aromatic heterocycles. The van der Waals surface area contributed by atoms with E-state index in [1.807, 2.05) is 6.07 Å². The molecule has 18 heavy (non-hydrogen) atoms. The summed E-state index contributed by atoms with van der Waals surface area (Å²) in [6.07, 6.45) is 1.80. The minimum absolute atomic E-state index is 0.212. The second kappa shape index (κ2) is 6.99. The van der Waals surface area contributed by atoms with E-state index in [4.69, 9.17) is 10.00 Å².